The van der Waals surface area contributed by atoms with Gasteiger partial charge in [0.1, 0.15) is 0 Å². The Kier molecular flexibility index (Phi) is 6.67. The fourth-order valence-corrected chi connectivity index (χ4v) is 4.32. The molecule has 0 atom stereocenters. The Morgan fingerprint density at radius 2 is 1.55 bits per heavy atom. The summed E-state index contributed by atoms with van der Waals surface area (Å²) in [7, 11) is -3.76. The van der Waals surface area contributed by atoms with E-state index in [-0.39, 0.29) is 17.3 Å². The number of anilines is 1. The quantitative estimate of drug-likeness (QED) is 0.408. The summed E-state index contributed by atoms with van der Waals surface area (Å²) >= 11 is 0. The van der Waals surface area contributed by atoms with Gasteiger partial charge in [0, 0.05) is 36.0 Å². The van der Waals surface area contributed by atoms with Crippen LogP contribution < -0.4 is 10.0 Å². The fraction of sp³-hybridized carbons (Fsp3) is 0.120. The number of carbonyl (C=O) groups is 1. The van der Waals surface area contributed by atoms with Crippen molar-refractivity contribution < 1.29 is 13.2 Å². The molecule has 0 unspecified atom stereocenters. The third-order valence-corrected chi connectivity index (χ3v) is 6.50. The molecule has 0 saturated carbocycles. The maximum absolute atomic E-state index is 12.9. The van der Waals surface area contributed by atoms with Crippen molar-refractivity contribution in [1.82, 2.24) is 14.5 Å². The second-order valence-corrected chi connectivity index (χ2v) is 9.17. The molecular formula is C25H24N4O3S. The summed E-state index contributed by atoms with van der Waals surface area (Å²) in [6.45, 7) is 1.83. The van der Waals surface area contributed by atoms with Crippen LogP contribution in [0.2, 0.25) is 0 Å². The first-order chi connectivity index (χ1) is 16.0. The van der Waals surface area contributed by atoms with Gasteiger partial charge in [-0.25, -0.2) is 17.8 Å². The van der Waals surface area contributed by atoms with Gasteiger partial charge in [0.2, 0.25) is 15.9 Å². The predicted octanol–water partition coefficient (Wildman–Crippen LogP) is 4.37. The van der Waals surface area contributed by atoms with Crippen LogP contribution in [0.4, 0.5) is 5.69 Å². The molecule has 4 rings (SSSR count). The molecule has 0 aliphatic rings. The molecule has 8 heteroatoms. The number of nitrogens with one attached hydrogen (secondary N) is 2. The smallest absolute Gasteiger partial charge is 0.240 e. The Bertz CT molecular complexity index is 1330. The van der Waals surface area contributed by atoms with Crippen molar-refractivity contribution in [2.45, 2.75) is 24.8 Å². The van der Waals surface area contributed by atoms with Crippen molar-refractivity contribution in [3.63, 3.8) is 0 Å². The van der Waals surface area contributed by atoms with Crippen molar-refractivity contribution >= 4 is 21.6 Å². The summed E-state index contributed by atoms with van der Waals surface area (Å²) < 4.78 is 30.2. The molecule has 4 aromatic rings. The van der Waals surface area contributed by atoms with E-state index in [0.29, 0.717) is 17.8 Å². The fourth-order valence-electron chi connectivity index (χ4n) is 3.31. The number of carbonyl (C=O) groups excluding carboxylic acids is 1. The minimum Gasteiger partial charge on any atom is -0.326 e. The van der Waals surface area contributed by atoms with Crippen LogP contribution in [0.25, 0.3) is 16.9 Å². The average molecular weight is 461 g/mol. The van der Waals surface area contributed by atoms with E-state index >= 15 is 0 Å². The van der Waals surface area contributed by atoms with Crippen molar-refractivity contribution in [2.75, 3.05) is 5.32 Å². The lowest BCUT2D eigenvalue weighted by atomic mass is 10.1. The van der Waals surface area contributed by atoms with E-state index in [9.17, 15) is 13.2 Å². The Labute approximate surface area is 193 Å². The van der Waals surface area contributed by atoms with E-state index in [1.54, 1.807) is 23.7 Å². The molecule has 7 nitrogen and oxygen atoms in total. The summed E-state index contributed by atoms with van der Waals surface area (Å²) in [6.07, 6.45) is 2.19. The zero-order chi connectivity index (χ0) is 23.3. The van der Waals surface area contributed by atoms with Gasteiger partial charge in [-0.1, -0.05) is 55.5 Å². The van der Waals surface area contributed by atoms with Gasteiger partial charge in [0.05, 0.1) is 16.3 Å². The minimum atomic E-state index is -3.76. The van der Waals surface area contributed by atoms with Crippen molar-refractivity contribution in [2.24, 2.45) is 0 Å². The van der Waals surface area contributed by atoms with Gasteiger partial charge in [-0.3, -0.25) is 4.79 Å². The number of nitrogens with zero attached hydrogens (tertiary/aromatic N) is 2. The molecule has 3 aromatic carbocycles. The Morgan fingerprint density at radius 3 is 2.18 bits per heavy atom. The SMILES string of the molecule is CCC(=O)Nc1ccc(S(=O)(=O)NCc2cn(-c3ccccc3)nc2-c2ccccc2)cc1. The highest BCUT2D eigenvalue weighted by Crippen LogP contribution is 2.24. The maximum atomic E-state index is 12.9. The molecule has 0 fully saturated rings. The van der Waals surface area contributed by atoms with Gasteiger partial charge in [0.25, 0.3) is 0 Å². The number of para-hydroxylation sites is 1. The zero-order valence-corrected chi connectivity index (χ0v) is 18.9. The summed E-state index contributed by atoms with van der Waals surface area (Å²) in [6, 6.07) is 25.4. The van der Waals surface area contributed by atoms with E-state index in [2.05, 4.69) is 10.0 Å². The van der Waals surface area contributed by atoms with Gasteiger partial charge in [-0.15, -0.1) is 0 Å². The Balaban J connectivity index is 1.58. The zero-order valence-electron chi connectivity index (χ0n) is 18.1. The van der Waals surface area contributed by atoms with Gasteiger partial charge in [-0.2, -0.15) is 5.10 Å². The predicted molar refractivity (Wildman–Crippen MR) is 128 cm³/mol. The van der Waals surface area contributed by atoms with Gasteiger partial charge >= 0.3 is 0 Å². The van der Waals surface area contributed by atoms with Crippen LogP contribution in [-0.4, -0.2) is 24.1 Å². The van der Waals surface area contributed by atoms with Crippen molar-refractivity contribution in [1.29, 1.82) is 0 Å². The minimum absolute atomic E-state index is 0.0771. The van der Waals surface area contributed by atoms with Gasteiger partial charge < -0.3 is 5.32 Å². The van der Waals surface area contributed by atoms with Crippen LogP contribution in [0.15, 0.2) is 96.0 Å². The molecule has 0 radical (unpaired) electrons. The lowest BCUT2D eigenvalue weighted by Gasteiger charge is -2.09. The molecule has 168 valence electrons. The Morgan fingerprint density at radius 1 is 0.909 bits per heavy atom. The number of rotatable bonds is 8. The first-order valence-corrected chi connectivity index (χ1v) is 12.0. The highest BCUT2D eigenvalue weighted by molar-refractivity contribution is 7.89. The van der Waals surface area contributed by atoms with Crippen LogP contribution in [0.5, 0.6) is 0 Å². The normalized spacial score (nSPS) is 11.3. The molecule has 2 N–H and O–H groups in total. The number of benzene rings is 3. The van der Waals surface area contributed by atoms with Crippen LogP contribution in [0, 0.1) is 0 Å². The highest BCUT2D eigenvalue weighted by atomic mass is 32.2. The summed E-state index contributed by atoms with van der Waals surface area (Å²) in [5, 5.41) is 7.42. The molecule has 0 aliphatic carbocycles. The second kappa shape index (κ2) is 9.81. The molecular weight excluding hydrogens is 436 g/mol. The van der Waals surface area contributed by atoms with Gasteiger partial charge in [0.15, 0.2) is 0 Å². The molecule has 1 aromatic heterocycles. The molecule has 0 spiro atoms. The molecule has 1 heterocycles. The lowest BCUT2D eigenvalue weighted by molar-refractivity contribution is -0.115. The summed E-state index contributed by atoms with van der Waals surface area (Å²) in [4.78, 5) is 11.6. The number of hydrogen-bond donors (Lipinski definition) is 2. The van der Waals surface area contributed by atoms with Crippen LogP contribution in [0.3, 0.4) is 0 Å². The maximum Gasteiger partial charge on any atom is 0.240 e. The van der Waals surface area contributed by atoms with E-state index in [4.69, 9.17) is 5.10 Å². The van der Waals surface area contributed by atoms with Crippen LogP contribution >= 0.6 is 0 Å². The third kappa shape index (κ3) is 5.36. The molecule has 1 amide bonds. The molecule has 0 aliphatic heterocycles. The summed E-state index contributed by atoms with van der Waals surface area (Å²) in [5.41, 5.74) is 3.79. The number of amides is 1. The van der Waals surface area contributed by atoms with Crippen LogP contribution in [0.1, 0.15) is 18.9 Å². The lowest BCUT2D eigenvalue weighted by Crippen LogP contribution is -2.23. The molecule has 0 bridgehead atoms. The molecule has 33 heavy (non-hydrogen) atoms. The monoisotopic (exact) mass is 460 g/mol. The van der Waals surface area contributed by atoms with E-state index in [0.717, 1.165) is 16.8 Å². The van der Waals surface area contributed by atoms with E-state index in [1.165, 1.54) is 12.1 Å². The number of hydrogen-bond acceptors (Lipinski definition) is 4. The van der Waals surface area contributed by atoms with Crippen molar-refractivity contribution in [3.8, 4) is 16.9 Å². The third-order valence-electron chi connectivity index (χ3n) is 5.08. The standard InChI is InChI=1S/C25H24N4O3S/c1-2-24(30)27-21-13-15-23(16-14-21)33(31,32)26-17-20-18-29(22-11-7-4-8-12-22)28-25(20)19-9-5-3-6-10-19/h3-16,18,26H,2,17H2,1H3,(H,27,30). The summed E-state index contributed by atoms with van der Waals surface area (Å²) in [5.74, 6) is -0.132. The number of sulfonamides is 1. The first-order valence-electron chi connectivity index (χ1n) is 10.6. The highest BCUT2D eigenvalue weighted by Gasteiger charge is 2.18. The molecule has 0 saturated heterocycles. The topological polar surface area (TPSA) is 93.1 Å². The average Bonchev–Trinajstić information content (AvgIpc) is 3.29. The van der Waals surface area contributed by atoms with Gasteiger partial charge in [-0.05, 0) is 36.4 Å². The van der Waals surface area contributed by atoms with Crippen molar-refractivity contribution in [3.05, 3.63) is 96.7 Å². The van der Waals surface area contributed by atoms with Crippen LogP contribution in [-0.2, 0) is 21.4 Å². The first kappa shape index (κ1) is 22.4. The van der Waals surface area contributed by atoms with E-state index in [1.807, 2.05) is 66.9 Å². The van der Waals surface area contributed by atoms with E-state index < -0.39 is 10.0 Å². The number of aromatic nitrogens is 2. The largest absolute Gasteiger partial charge is 0.326 e. The Hall–Kier alpha value is -3.75. The second-order valence-electron chi connectivity index (χ2n) is 7.40.